The fraction of sp³-hybridized carbons (Fsp3) is 0.0909. The van der Waals surface area contributed by atoms with Crippen molar-refractivity contribution in [1.29, 1.82) is 0 Å². The van der Waals surface area contributed by atoms with Crippen molar-refractivity contribution in [1.82, 2.24) is 9.38 Å². The predicted octanol–water partition coefficient (Wildman–Crippen LogP) is 1.92. The van der Waals surface area contributed by atoms with Crippen LogP contribution in [0.1, 0.15) is 0 Å². The second-order valence-electron chi connectivity index (χ2n) is 3.36. The molecule has 3 aromatic rings. The highest BCUT2D eigenvalue weighted by Crippen LogP contribution is 2.18. The molecule has 2 aromatic heterocycles. The summed E-state index contributed by atoms with van der Waals surface area (Å²) in [5.41, 5.74) is 0.647. The standard InChI is InChI=1S/C11H8N2O2S/c1-15-7-2-3-9-8(6-7)10(14)13-4-5-16-11(13)12-9/h2-6H,1H3. The third-order valence-corrected chi connectivity index (χ3v) is 3.22. The van der Waals surface area contributed by atoms with E-state index < -0.39 is 0 Å². The van der Waals surface area contributed by atoms with Gasteiger partial charge in [-0.3, -0.25) is 9.20 Å². The van der Waals surface area contributed by atoms with Crippen LogP contribution < -0.4 is 10.3 Å². The molecular weight excluding hydrogens is 224 g/mol. The summed E-state index contributed by atoms with van der Waals surface area (Å²) in [7, 11) is 1.58. The van der Waals surface area contributed by atoms with Crippen molar-refractivity contribution in [3.05, 3.63) is 40.1 Å². The predicted molar refractivity (Wildman–Crippen MR) is 63.4 cm³/mol. The van der Waals surface area contributed by atoms with E-state index in [1.165, 1.54) is 11.3 Å². The average Bonchev–Trinajstić information content (AvgIpc) is 2.77. The number of methoxy groups -OCH3 is 1. The van der Waals surface area contributed by atoms with Crippen LogP contribution in [0.25, 0.3) is 15.9 Å². The monoisotopic (exact) mass is 232 g/mol. The van der Waals surface area contributed by atoms with E-state index in [1.54, 1.807) is 35.9 Å². The van der Waals surface area contributed by atoms with Crippen LogP contribution in [0.4, 0.5) is 0 Å². The molecule has 0 spiro atoms. The number of fused-ring (bicyclic) bond motifs is 2. The van der Waals surface area contributed by atoms with Crippen LogP contribution in [0, 0.1) is 0 Å². The average molecular weight is 232 g/mol. The van der Waals surface area contributed by atoms with E-state index in [0.29, 0.717) is 21.6 Å². The second-order valence-corrected chi connectivity index (χ2v) is 4.23. The fourth-order valence-electron chi connectivity index (χ4n) is 1.65. The molecule has 0 amide bonds. The maximum Gasteiger partial charge on any atom is 0.266 e. The van der Waals surface area contributed by atoms with Gasteiger partial charge in [0.15, 0.2) is 4.96 Å². The summed E-state index contributed by atoms with van der Waals surface area (Å²) in [6.07, 6.45) is 1.73. The Morgan fingerprint density at radius 2 is 2.31 bits per heavy atom. The van der Waals surface area contributed by atoms with Gasteiger partial charge in [0, 0.05) is 11.6 Å². The highest BCUT2D eigenvalue weighted by atomic mass is 32.1. The third kappa shape index (κ3) is 1.22. The lowest BCUT2D eigenvalue weighted by Gasteiger charge is -2.01. The second kappa shape index (κ2) is 3.31. The molecule has 0 atom stereocenters. The summed E-state index contributed by atoms with van der Waals surface area (Å²) < 4.78 is 6.65. The Labute approximate surface area is 94.7 Å². The van der Waals surface area contributed by atoms with Gasteiger partial charge >= 0.3 is 0 Å². The minimum absolute atomic E-state index is 0.0554. The van der Waals surface area contributed by atoms with E-state index >= 15 is 0 Å². The third-order valence-electron chi connectivity index (χ3n) is 2.46. The van der Waals surface area contributed by atoms with Gasteiger partial charge in [-0.05, 0) is 18.2 Å². The van der Waals surface area contributed by atoms with Gasteiger partial charge in [-0.25, -0.2) is 4.98 Å². The van der Waals surface area contributed by atoms with Gasteiger partial charge in [-0.15, -0.1) is 11.3 Å². The fourth-order valence-corrected chi connectivity index (χ4v) is 2.36. The number of rotatable bonds is 1. The molecule has 4 nitrogen and oxygen atoms in total. The number of nitrogens with zero attached hydrogens (tertiary/aromatic N) is 2. The molecule has 1 aromatic carbocycles. The maximum absolute atomic E-state index is 12.1. The van der Waals surface area contributed by atoms with Gasteiger partial charge in [0.2, 0.25) is 0 Å². The topological polar surface area (TPSA) is 43.6 Å². The van der Waals surface area contributed by atoms with E-state index in [1.807, 2.05) is 5.38 Å². The number of hydrogen-bond donors (Lipinski definition) is 0. The SMILES string of the molecule is COc1ccc2nc3sccn3c(=O)c2c1. The lowest BCUT2D eigenvalue weighted by Crippen LogP contribution is -2.12. The van der Waals surface area contributed by atoms with Gasteiger partial charge in [-0.2, -0.15) is 0 Å². The Balaban J connectivity index is 2.52. The van der Waals surface area contributed by atoms with Crippen molar-refractivity contribution in [3.8, 4) is 5.75 Å². The molecule has 0 bridgehead atoms. The van der Waals surface area contributed by atoms with E-state index in [0.717, 1.165) is 0 Å². The van der Waals surface area contributed by atoms with Crippen molar-refractivity contribution in [3.63, 3.8) is 0 Å². The summed E-state index contributed by atoms with van der Waals surface area (Å²) in [6, 6.07) is 5.32. The molecule has 0 unspecified atom stereocenters. The van der Waals surface area contributed by atoms with E-state index in [4.69, 9.17) is 4.74 Å². The Kier molecular flexibility index (Phi) is 1.94. The Bertz CT molecular complexity index is 730. The molecule has 0 saturated heterocycles. The Morgan fingerprint density at radius 3 is 3.12 bits per heavy atom. The molecule has 5 heteroatoms. The van der Waals surface area contributed by atoms with Crippen LogP contribution in [0.3, 0.4) is 0 Å². The minimum Gasteiger partial charge on any atom is -0.497 e. The Morgan fingerprint density at radius 1 is 1.44 bits per heavy atom. The first-order chi connectivity index (χ1) is 7.79. The summed E-state index contributed by atoms with van der Waals surface area (Å²) in [5, 5.41) is 2.43. The zero-order chi connectivity index (χ0) is 11.1. The molecule has 0 N–H and O–H groups in total. The molecule has 0 aliphatic rings. The molecule has 3 rings (SSSR count). The Hall–Kier alpha value is -1.88. The molecule has 0 aliphatic heterocycles. The largest absolute Gasteiger partial charge is 0.497 e. The first-order valence-electron chi connectivity index (χ1n) is 4.73. The maximum atomic E-state index is 12.1. The first kappa shape index (κ1) is 9.35. The van der Waals surface area contributed by atoms with Crippen LogP contribution in [0.2, 0.25) is 0 Å². The molecule has 0 radical (unpaired) electrons. The summed E-state index contributed by atoms with van der Waals surface area (Å²) in [4.78, 5) is 17.2. The highest BCUT2D eigenvalue weighted by molar-refractivity contribution is 7.15. The lowest BCUT2D eigenvalue weighted by atomic mass is 10.2. The number of aromatic nitrogens is 2. The lowest BCUT2D eigenvalue weighted by molar-refractivity contribution is 0.415. The molecular formula is C11H8N2O2S. The minimum atomic E-state index is -0.0554. The summed E-state index contributed by atoms with van der Waals surface area (Å²) in [5.74, 6) is 0.668. The van der Waals surface area contributed by atoms with Crippen LogP contribution in [0.5, 0.6) is 5.75 Å². The van der Waals surface area contributed by atoms with Gasteiger partial charge in [0.25, 0.3) is 5.56 Å². The van der Waals surface area contributed by atoms with Crippen molar-refractivity contribution in [2.45, 2.75) is 0 Å². The number of thiazole rings is 1. The van der Waals surface area contributed by atoms with Crippen LogP contribution in [-0.2, 0) is 0 Å². The molecule has 0 aliphatic carbocycles. The quantitative estimate of drug-likeness (QED) is 0.643. The molecule has 80 valence electrons. The zero-order valence-corrected chi connectivity index (χ0v) is 9.32. The number of ether oxygens (including phenoxy) is 1. The molecule has 0 fully saturated rings. The normalized spacial score (nSPS) is 11.1. The van der Waals surface area contributed by atoms with Crippen molar-refractivity contribution < 1.29 is 4.74 Å². The number of benzene rings is 1. The molecule has 0 saturated carbocycles. The van der Waals surface area contributed by atoms with Crippen molar-refractivity contribution >= 4 is 27.2 Å². The van der Waals surface area contributed by atoms with E-state index in [2.05, 4.69) is 4.98 Å². The van der Waals surface area contributed by atoms with E-state index in [9.17, 15) is 4.79 Å². The zero-order valence-electron chi connectivity index (χ0n) is 8.51. The van der Waals surface area contributed by atoms with Crippen molar-refractivity contribution in [2.75, 3.05) is 7.11 Å². The smallest absolute Gasteiger partial charge is 0.266 e. The van der Waals surface area contributed by atoms with Gasteiger partial charge in [-0.1, -0.05) is 0 Å². The van der Waals surface area contributed by atoms with Crippen molar-refractivity contribution in [2.24, 2.45) is 0 Å². The van der Waals surface area contributed by atoms with E-state index in [-0.39, 0.29) is 5.56 Å². The number of hydrogen-bond acceptors (Lipinski definition) is 4. The summed E-state index contributed by atoms with van der Waals surface area (Å²) >= 11 is 1.45. The molecule has 2 heterocycles. The van der Waals surface area contributed by atoms with Gasteiger partial charge < -0.3 is 4.74 Å². The summed E-state index contributed by atoms with van der Waals surface area (Å²) in [6.45, 7) is 0. The first-order valence-corrected chi connectivity index (χ1v) is 5.61. The van der Waals surface area contributed by atoms with Gasteiger partial charge in [0.05, 0.1) is 18.0 Å². The highest BCUT2D eigenvalue weighted by Gasteiger charge is 2.06. The van der Waals surface area contributed by atoms with Crippen LogP contribution in [0.15, 0.2) is 34.6 Å². The molecule has 16 heavy (non-hydrogen) atoms. The van der Waals surface area contributed by atoms with Crippen LogP contribution >= 0.6 is 11.3 Å². The van der Waals surface area contributed by atoms with Crippen LogP contribution in [-0.4, -0.2) is 16.5 Å². The van der Waals surface area contributed by atoms with Gasteiger partial charge in [0.1, 0.15) is 5.75 Å².